The first-order chi connectivity index (χ1) is 16.0. The Morgan fingerprint density at radius 1 is 1.18 bits per heavy atom. The Morgan fingerprint density at radius 2 is 1.97 bits per heavy atom. The van der Waals surface area contributed by atoms with Crippen molar-refractivity contribution in [2.75, 3.05) is 37.4 Å². The van der Waals surface area contributed by atoms with E-state index < -0.39 is 10.0 Å². The molecule has 3 aromatic rings. The smallest absolute Gasteiger partial charge is 0.287 e. The summed E-state index contributed by atoms with van der Waals surface area (Å²) in [6, 6.07) is 9.26. The van der Waals surface area contributed by atoms with Crippen LogP contribution in [0.3, 0.4) is 0 Å². The number of hydrogen-bond acceptors (Lipinski definition) is 7. The van der Waals surface area contributed by atoms with Crippen LogP contribution in [0.25, 0.3) is 16.8 Å². The number of rotatable bonds is 0. The molecule has 9 nitrogen and oxygen atoms in total. The van der Waals surface area contributed by atoms with Crippen LogP contribution in [0, 0.1) is 0 Å². The second-order valence-corrected chi connectivity index (χ2v) is 13.1. The molecule has 11 heteroatoms. The van der Waals surface area contributed by atoms with Crippen molar-refractivity contribution in [2.24, 2.45) is 0 Å². The lowest BCUT2D eigenvalue weighted by Gasteiger charge is -2.27. The van der Waals surface area contributed by atoms with Crippen LogP contribution in [-0.4, -0.2) is 69.8 Å². The van der Waals surface area contributed by atoms with Gasteiger partial charge in [0.15, 0.2) is 5.65 Å². The molecule has 4 rings (SSSR count). The van der Waals surface area contributed by atoms with Gasteiger partial charge in [-0.2, -0.15) is 5.10 Å². The molecule has 1 aromatic carbocycles. The minimum Gasteiger partial charge on any atom is -0.494 e. The van der Waals surface area contributed by atoms with E-state index in [1.807, 2.05) is 45.0 Å². The highest BCUT2D eigenvalue weighted by atomic mass is 32.2. The maximum atomic E-state index is 13.3. The number of carbonyl (C=O) groups excluding carboxylic acids is 1. The molecule has 3 heterocycles. The minimum atomic E-state index is -3.50. The summed E-state index contributed by atoms with van der Waals surface area (Å²) in [5.74, 6) is 1.05. The van der Waals surface area contributed by atoms with E-state index in [0.717, 1.165) is 11.1 Å². The van der Waals surface area contributed by atoms with Crippen LogP contribution in [0.1, 0.15) is 27.2 Å². The first kappa shape index (κ1) is 24.5. The maximum absolute atomic E-state index is 13.3. The van der Waals surface area contributed by atoms with Crippen molar-refractivity contribution in [3.63, 3.8) is 0 Å². The number of anilines is 1. The quantitative estimate of drug-likeness (QED) is 0.459. The van der Waals surface area contributed by atoms with Crippen LogP contribution in [0.2, 0.25) is 0 Å². The van der Waals surface area contributed by atoms with Gasteiger partial charge in [-0.1, -0.05) is 44.7 Å². The van der Waals surface area contributed by atoms with Gasteiger partial charge in [-0.25, -0.2) is 22.2 Å². The van der Waals surface area contributed by atoms with Crippen molar-refractivity contribution < 1.29 is 17.9 Å². The van der Waals surface area contributed by atoms with Crippen LogP contribution in [0.4, 0.5) is 10.6 Å². The minimum absolute atomic E-state index is 0.0361. The number of benzene rings is 1. The zero-order valence-corrected chi connectivity index (χ0v) is 21.4. The number of thioether (sulfide) groups is 1. The number of ether oxygens (including phenoxy) is 1. The fourth-order valence-corrected chi connectivity index (χ4v) is 5.52. The number of likely N-dealkylation sites (N-methyl/N-ethyl adjacent to an activating group) is 1. The molecule has 34 heavy (non-hydrogen) atoms. The second-order valence-electron chi connectivity index (χ2n) is 9.11. The summed E-state index contributed by atoms with van der Waals surface area (Å²) in [7, 11) is -1.96. The molecule has 0 radical (unpaired) electrons. The summed E-state index contributed by atoms with van der Waals surface area (Å²) < 4.78 is 34.0. The van der Waals surface area contributed by atoms with Gasteiger partial charge in [0, 0.05) is 36.6 Å². The summed E-state index contributed by atoms with van der Waals surface area (Å²) in [6.45, 7) is 6.49. The third kappa shape index (κ3) is 5.53. The molecule has 0 unspecified atom stereocenters. The number of nitrogens with zero attached hydrogens (tertiary/aromatic N) is 5. The van der Waals surface area contributed by atoms with E-state index in [4.69, 9.17) is 9.72 Å². The van der Waals surface area contributed by atoms with Crippen LogP contribution >= 0.6 is 11.8 Å². The fourth-order valence-electron chi connectivity index (χ4n) is 3.55. The van der Waals surface area contributed by atoms with E-state index in [1.165, 1.54) is 23.1 Å². The predicted octanol–water partition coefficient (Wildman–Crippen LogP) is 3.90. The summed E-state index contributed by atoms with van der Waals surface area (Å²) in [6.07, 6.45) is 3.86. The van der Waals surface area contributed by atoms with E-state index in [0.29, 0.717) is 23.6 Å². The average Bonchev–Trinajstić information content (AvgIpc) is 3.18. The number of carbonyl (C=O) groups is 1. The number of amides is 1. The maximum Gasteiger partial charge on any atom is 0.287 e. The Morgan fingerprint density at radius 3 is 2.74 bits per heavy atom. The molecule has 182 valence electrons. The van der Waals surface area contributed by atoms with E-state index in [1.54, 1.807) is 27.9 Å². The van der Waals surface area contributed by atoms with E-state index >= 15 is 0 Å². The van der Waals surface area contributed by atoms with Gasteiger partial charge >= 0.3 is 0 Å². The molecule has 0 atom stereocenters. The number of sulfonamides is 1. The molecule has 2 aromatic heterocycles. The average molecular weight is 504 g/mol. The van der Waals surface area contributed by atoms with Crippen molar-refractivity contribution in [2.45, 2.75) is 31.9 Å². The van der Waals surface area contributed by atoms with Crippen LogP contribution < -0.4 is 9.64 Å². The highest BCUT2D eigenvalue weighted by molar-refractivity contribution is 8.15. The van der Waals surface area contributed by atoms with Crippen LogP contribution in [0.15, 0.2) is 42.7 Å². The molecule has 0 fully saturated rings. The molecular formula is C23H29N5O4S2. The highest BCUT2D eigenvalue weighted by Gasteiger charge is 2.27. The normalized spacial score (nSPS) is 17.6. The third-order valence-corrected chi connectivity index (χ3v) is 8.26. The van der Waals surface area contributed by atoms with Gasteiger partial charge in [0.25, 0.3) is 5.24 Å². The topological polar surface area (TPSA) is 97.1 Å². The van der Waals surface area contributed by atoms with Crippen molar-refractivity contribution in [1.82, 2.24) is 18.9 Å². The first-order valence-corrected chi connectivity index (χ1v) is 13.5. The first-order valence-electron chi connectivity index (χ1n) is 11.1. The molecule has 0 aliphatic carbocycles. The zero-order chi connectivity index (χ0) is 24.5. The monoisotopic (exact) mass is 503 g/mol. The Balaban J connectivity index is 1.81. The predicted molar refractivity (Wildman–Crippen MR) is 135 cm³/mol. The summed E-state index contributed by atoms with van der Waals surface area (Å²) in [5, 5.41) is 4.22. The van der Waals surface area contributed by atoms with Crippen molar-refractivity contribution >= 4 is 38.5 Å². The highest BCUT2D eigenvalue weighted by Crippen LogP contribution is 2.31. The standard InChI is InChI=1S/C23H29N5O4S2/c1-23(2,3)33-22(29)27-12-11-26(4)34(30,31)14-6-13-32-18-8-5-7-17(15-18)19-16-24-28-10-9-20(27)25-21(19)28/h5,7-10,15-16H,6,11-14H2,1-4H3. The summed E-state index contributed by atoms with van der Waals surface area (Å²) in [4.78, 5) is 19.6. The SMILES string of the molecule is CN1CCN(C(=O)SC(C)(C)C)c2ccn3ncc(c3n2)-c2cccc(c2)OCCCS1(=O)=O. The van der Waals surface area contributed by atoms with Gasteiger partial charge in [0.2, 0.25) is 10.0 Å². The Hall–Kier alpha value is -2.63. The van der Waals surface area contributed by atoms with Gasteiger partial charge in [-0.05, 0) is 30.2 Å². The van der Waals surface area contributed by atoms with Gasteiger partial charge in [0.05, 0.1) is 18.6 Å². The number of hydrogen-bond donors (Lipinski definition) is 0. The zero-order valence-electron chi connectivity index (χ0n) is 19.8. The molecule has 0 saturated heterocycles. The van der Waals surface area contributed by atoms with Crippen molar-refractivity contribution in [3.8, 4) is 16.9 Å². The Kier molecular flexibility index (Phi) is 6.88. The lowest BCUT2D eigenvalue weighted by Crippen LogP contribution is -2.40. The lowest BCUT2D eigenvalue weighted by atomic mass is 10.1. The Bertz CT molecular complexity index is 1300. The molecule has 0 saturated carbocycles. The molecule has 0 spiro atoms. The van der Waals surface area contributed by atoms with Crippen LogP contribution in [-0.2, 0) is 10.0 Å². The molecule has 1 amide bonds. The molecule has 0 N–H and O–H groups in total. The van der Waals surface area contributed by atoms with E-state index in [9.17, 15) is 13.2 Å². The van der Waals surface area contributed by atoms with Crippen LogP contribution in [0.5, 0.6) is 5.75 Å². The number of aromatic nitrogens is 3. The summed E-state index contributed by atoms with van der Waals surface area (Å²) in [5.41, 5.74) is 2.29. The van der Waals surface area contributed by atoms with Crippen molar-refractivity contribution in [3.05, 3.63) is 42.7 Å². The molecule has 1 aliphatic rings. The molecule has 4 bridgehead atoms. The lowest BCUT2D eigenvalue weighted by molar-refractivity contribution is 0.264. The molecule has 1 aliphatic heterocycles. The van der Waals surface area contributed by atoms with Crippen molar-refractivity contribution in [1.29, 1.82) is 0 Å². The number of fused-ring (bicyclic) bond motifs is 4. The van der Waals surface area contributed by atoms with Gasteiger partial charge in [-0.3, -0.25) is 9.69 Å². The second kappa shape index (κ2) is 9.55. The van der Waals surface area contributed by atoms with E-state index in [-0.39, 0.29) is 35.4 Å². The summed E-state index contributed by atoms with van der Waals surface area (Å²) >= 11 is 1.19. The Labute approximate surface area is 204 Å². The van der Waals surface area contributed by atoms with Gasteiger partial charge < -0.3 is 4.74 Å². The van der Waals surface area contributed by atoms with Gasteiger partial charge in [0.1, 0.15) is 11.6 Å². The van der Waals surface area contributed by atoms with E-state index in [2.05, 4.69) is 5.10 Å². The largest absolute Gasteiger partial charge is 0.494 e. The third-order valence-electron chi connectivity index (χ3n) is 5.32. The fraction of sp³-hybridized carbons (Fsp3) is 0.435. The molecular weight excluding hydrogens is 474 g/mol. The van der Waals surface area contributed by atoms with Gasteiger partial charge in [-0.15, -0.1) is 0 Å².